The fourth-order valence-electron chi connectivity index (χ4n) is 1.91. The van der Waals surface area contributed by atoms with Crippen molar-refractivity contribution < 1.29 is 13.9 Å². The van der Waals surface area contributed by atoms with Crippen LogP contribution in [0.15, 0.2) is 24.3 Å². The van der Waals surface area contributed by atoms with E-state index in [0.717, 1.165) is 12.0 Å². The molecule has 1 aromatic rings. The van der Waals surface area contributed by atoms with Crippen LogP contribution in [0.2, 0.25) is 0 Å². The van der Waals surface area contributed by atoms with E-state index in [1.54, 1.807) is 12.1 Å². The average molecular weight is 237 g/mol. The SMILES string of the molecule is CCCC(=O)OC1(c2ccc(F)cc2)CNC1. The van der Waals surface area contributed by atoms with Crippen molar-refractivity contribution in [2.75, 3.05) is 13.1 Å². The van der Waals surface area contributed by atoms with Crippen LogP contribution in [0.5, 0.6) is 0 Å². The second-order valence-corrected chi connectivity index (χ2v) is 4.33. The Balaban J connectivity index is 2.14. The van der Waals surface area contributed by atoms with Gasteiger partial charge in [0.1, 0.15) is 5.82 Å². The molecule has 0 unspecified atom stereocenters. The third kappa shape index (κ3) is 2.47. The van der Waals surface area contributed by atoms with Gasteiger partial charge in [-0.15, -0.1) is 0 Å². The highest BCUT2D eigenvalue weighted by atomic mass is 19.1. The van der Waals surface area contributed by atoms with Crippen LogP contribution in [0, 0.1) is 5.82 Å². The summed E-state index contributed by atoms with van der Waals surface area (Å²) in [6.45, 7) is 3.12. The van der Waals surface area contributed by atoms with Crippen LogP contribution >= 0.6 is 0 Å². The summed E-state index contributed by atoms with van der Waals surface area (Å²) >= 11 is 0. The standard InChI is InChI=1S/C13H16FNO2/c1-2-3-12(16)17-13(8-15-9-13)10-4-6-11(14)7-5-10/h4-7,15H,2-3,8-9H2,1H3. The summed E-state index contributed by atoms with van der Waals surface area (Å²) in [4.78, 5) is 11.6. The largest absolute Gasteiger partial charge is 0.451 e. The fourth-order valence-corrected chi connectivity index (χ4v) is 1.91. The molecular weight excluding hydrogens is 221 g/mol. The summed E-state index contributed by atoms with van der Waals surface area (Å²) in [7, 11) is 0. The Bertz CT molecular complexity index is 398. The molecule has 0 spiro atoms. The predicted octanol–water partition coefficient (Wildman–Crippen LogP) is 1.97. The summed E-state index contributed by atoms with van der Waals surface area (Å²) in [6.07, 6.45) is 1.19. The Morgan fingerprint density at radius 1 is 1.41 bits per heavy atom. The number of rotatable bonds is 4. The van der Waals surface area contributed by atoms with Crippen molar-refractivity contribution in [3.8, 4) is 0 Å². The molecule has 0 saturated carbocycles. The number of carbonyl (C=O) groups is 1. The van der Waals surface area contributed by atoms with Crippen LogP contribution in [0.3, 0.4) is 0 Å². The maximum atomic E-state index is 12.9. The summed E-state index contributed by atoms with van der Waals surface area (Å²) in [6, 6.07) is 6.14. The molecule has 1 aliphatic heterocycles. The van der Waals surface area contributed by atoms with Gasteiger partial charge in [-0.25, -0.2) is 4.39 Å². The second-order valence-electron chi connectivity index (χ2n) is 4.33. The fraction of sp³-hybridized carbons (Fsp3) is 0.462. The molecular formula is C13H16FNO2. The lowest BCUT2D eigenvalue weighted by atomic mass is 9.88. The quantitative estimate of drug-likeness (QED) is 0.814. The normalized spacial score (nSPS) is 17.3. The van der Waals surface area contributed by atoms with E-state index in [1.807, 2.05) is 6.92 Å². The topological polar surface area (TPSA) is 38.3 Å². The molecule has 1 fully saturated rings. The van der Waals surface area contributed by atoms with Gasteiger partial charge in [-0.1, -0.05) is 19.1 Å². The first-order chi connectivity index (χ1) is 8.16. The van der Waals surface area contributed by atoms with Crippen molar-refractivity contribution in [1.29, 1.82) is 0 Å². The van der Waals surface area contributed by atoms with E-state index < -0.39 is 5.60 Å². The smallest absolute Gasteiger partial charge is 0.306 e. The van der Waals surface area contributed by atoms with Crippen LogP contribution in [-0.4, -0.2) is 19.1 Å². The molecule has 0 radical (unpaired) electrons. The van der Waals surface area contributed by atoms with Gasteiger partial charge in [-0.2, -0.15) is 0 Å². The number of halogens is 1. The van der Waals surface area contributed by atoms with Crippen molar-refractivity contribution in [3.63, 3.8) is 0 Å². The minimum atomic E-state index is -0.597. The first kappa shape index (κ1) is 12.0. The van der Waals surface area contributed by atoms with Gasteiger partial charge in [0.05, 0.1) is 0 Å². The number of carbonyl (C=O) groups excluding carboxylic acids is 1. The zero-order chi connectivity index (χ0) is 12.3. The highest BCUT2D eigenvalue weighted by Gasteiger charge is 2.42. The Labute approximate surface area is 100.0 Å². The maximum Gasteiger partial charge on any atom is 0.306 e. The van der Waals surface area contributed by atoms with Gasteiger partial charge in [0.2, 0.25) is 0 Å². The number of hydrogen-bond acceptors (Lipinski definition) is 3. The molecule has 1 aliphatic rings. The van der Waals surface area contributed by atoms with Crippen molar-refractivity contribution >= 4 is 5.97 Å². The molecule has 0 bridgehead atoms. The zero-order valence-electron chi connectivity index (χ0n) is 9.83. The van der Waals surface area contributed by atoms with Gasteiger partial charge in [0.15, 0.2) is 5.60 Å². The van der Waals surface area contributed by atoms with Crippen molar-refractivity contribution in [2.45, 2.75) is 25.4 Å². The van der Waals surface area contributed by atoms with E-state index in [9.17, 15) is 9.18 Å². The number of esters is 1. The second kappa shape index (κ2) is 4.84. The summed E-state index contributed by atoms with van der Waals surface area (Å²) in [5.41, 5.74) is 0.252. The number of ether oxygens (including phenoxy) is 1. The Kier molecular flexibility index (Phi) is 3.43. The van der Waals surface area contributed by atoms with Crippen molar-refractivity contribution in [1.82, 2.24) is 5.32 Å². The maximum absolute atomic E-state index is 12.9. The molecule has 0 aromatic heterocycles. The molecule has 1 saturated heterocycles. The van der Waals surface area contributed by atoms with Gasteiger partial charge < -0.3 is 10.1 Å². The van der Waals surface area contributed by atoms with Crippen LogP contribution < -0.4 is 5.32 Å². The van der Waals surface area contributed by atoms with Gasteiger partial charge in [0, 0.05) is 19.5 Å². The highest BCUT2D eigenvalue weighted by Crippen LogP contribution is 2.30. The molecule has 2 rings (SSSR count). The average Bonchev–Trinajstić information content (AvgIpc) is 2.25. The minimum absolute atomic E-state index is 0.196. The molecule has 0 atom stereocenters. The molecule has 1 heterocycles. The highest BCUT2D eigenvalue weighted by molar-refractivity contribution is 5.70. The van der Waals surface area contributed by atoms with E-state index in [1.165, 1.54) is 12.1 Å². The van der Waals surface area contributed by atoms with E-state index in [4.69, 9.17) is 4.74 Å². The predicted molar refractivity (Wildman–Crippen MR) is 61.9 cm³/mol. The summed E-state index contributed by atoms with van der Waals surface area (Å²) in [5.74, 6) is -0.477. The Morgan fingerprint density at radius 3 is 2.53 bits per heavy atom. The Morgan fingerprint density at radius 2 is 2.06 bits per heavy atom. The molecule has 17 heavy (non-hydrogen) atoms. The number of hydrogen-bond donors (Lipinski definition) is 1. The van der Waals surface area contributed by atoms with Crippen LogP contribution in [0.1, 0.15) is 25.3 Å². The molecule has 92 valence electrons. The van der Waals surface area contributed by atoms with Gasteiger partial charge in [0.25, 0.3) is 0 Å². The van der Waals surface area contributed by atoms with Gasteiger partial charge in [-0.3, -0.25) is 4.79 Å². The third-order valence-electron chi connectivity index (χ3n) is 2.95. The summed E-state index contributed by atoms with van der Waals surface area (Å²) in [5, 5.41) is 3.09. The monoisotopic (exact) mass is 237 g/mol. The van der Waals surface area contributed by atoms with Crippen LogP contribution in [0.25, 0.3) is 0 Å². The van der Waals surface area contributed by atoms with Crippen molar-refractivity contribution in [3.05, 3.63) is 35.6 Å². The third-order valence-corrected chi connectivity index (χ3v) is 2.95. The lowest BCUT2D eigenvalue weighted by Gasteiger charge is -2.42. The lowest BCUT2D eigenvalue weighted by Crippen LogP contribution is -2.59. The van der Waals surface area contributed by atoms with Gasteiger partial charge >= 0.3 is 5.97 Å². The van der Waals surface area contributed by atoms with Gasteiger partial charge in [-0.05, 0) is 24.1 Å². The molecule has 4 heteroatoms. The molecule has 3 nitrogen and oxygen atoms in total. The molecule has 1 aromatic carbocycles. The Hall–Kier alpha value is -1.42. The van der Waals surface area contributed by atoms with E-state index in [-0.39, 0.29) is 11.8 Å². The van der Waals surface area contributed by atoms with E-state index >= 15 is 0 Å². The first-order valence-corrected chi connectivity index (χ1v) is 5.85. The summed E-state index contributed by atoms with van der Waals surface area (Å²) < 4.78 is 18.4. The molecule has 0 aliphatic carbocycles. The first-order valence-electron chi connectivity index (χ1n) is 5.85. The van der Waals surface area contributed by atoms with E-state index in [0.29, 0.717) is 19.5 Å². The molecule has 0 amide bonds. The zero-order valence-corrected chi connectivity index (χ0v) is 9.83. The number of nitrogens with one attached hydrogen (secondary N) is 1. The van der Waals surface area contributed by atoms with E-state index in [2.05, 4.69) is 5.32 Å². The van der Waals surface area contributed by atoms with Crippen LogP contribution in [0.4, 0.5) is 4.39 Å². The lowest BCUT2D eigenvalue weighted by molar-refractivity contribution is -0.167. The van der Waals surface area contributed by atoms with Crippen molar-refractivity contribution in [2.24, 2.45) is 0 Å². The minimum Gasteiger partial charge on any atom is -0.451 e. The number of benzene rings is 1. The van der Waals surface area contributed by atoms with Crippen LogP contribution in [-0.2, 0) is 15.1 Å². The molecule has 1 N–H and O–H groups in total.